The second-order valence-electron chi connectivity index (χ2n) is 6.05. The number of fused-ring (bicyclic) bond motifs is 2. The number of aliphatic hydroxyl groups is 1. The second-order valence-corrected chi connectivity index (χ2v) is 6.86. The monoisotopic (exact) mass is 309 g/mol. The summed E-state index contributed by atoms with van der Waals surface area (Å²) in [7, 11) is 0. The van der Waals surface area contributed by atoms with Crippen molar-refractivity contribution in [3.05, 3.63) is 11.8 Å². The number of amides is 2. The van der Waals surface area contributed by atoms with Crippen LogP contribution in [-0.2, 0) is 9.59 Å². The van der Waals surface area contributed by atoms with Crippen LogP contribution in [0, 0.1) is 24.7 Å². The molecule has 3 N–H and O–H groups in total. The van der Waals surface area contributed by atoms with Gasteiger partial charge < -0.3 is 15.7 Å². The summed E-state index contributed by atoms with van der Waals surface area (Å²) in [5.41, 5.74) is 0.816. The molecule has 6 nitrogen and oxygen atoms in total. The Hall–Kier alpha value is -1.47. The average Bonchev–Trinajstić information content (AvgIpc) is 3.11. The fraction of sp³-hybridized carbons (Fsp3) is 0.643. The fourth-order valence-corrected chi connectivity index (χ4v) is 4.17. The van der Waals surface area contributed by atoms with Crippen LogP contribution in [-0.4, -0.2) is 33.9 Å². The van der Waals surface area contributed by atoms with Crippen molar-refractivity contribution < 1.29 is 14.7 Å². The van der Waals surface area contributed by atoms with E-state index in [1.165, 1.54) is 0 Å². The molecule has 1 heterocycles. The number of anilines is 1. The van der Waals surface area contributed by atoms with E-state index in [0.29, 0.717) is 29.3 Å². The van der Waals surface area contributed by atoms with E-state index in [0.717, 1.165) is 36.5 Å². The molecule has 2 amide bonds. The van der Waals surface area contributed by atoms with Crippen molar-refractivity contribution >= 4 is 28.3 Å². The van der Waals surface area contributed by atoms with Crippen molar-refractivity contribution in [2.75, 3.05) is 11.9 Å². The molecule has 0 spiro atoms. The van der Waals surface area contributed by atoms with Gasteiger partial charge in [-0.3, -0.25) is 9.59 Å². The number of hydrogen-bond donors (Lipinski definition) is 3. The average molecular weight is 309 g/mol. The zero-order valence-electron chi connectivity index (χ0n) is 11.8. The normalized spacial score (nSPS) is 30.4. The molecule has 21 heavy (non-hydrogen) atoms. The molecule has 2 saturated carbocycles. The van der Waals surface area contributed by atoms with Crippen molar-refractivity contribution in [2.45, 2.75) is 32.3 Å². The lowest BCUT2D eigenvalue weighted by Crippen LogP contribution is -2.39. The predicted molar refractivity (Wildman–Crippen MR) is 78.8 cm³/mol. The molecule has 2 aliphatic carbocycles. The van der Waals surface area contributed by atoms with Crippen molar-refractivity contribution in [2.24, 2.45) is 17.8 Å². The molecule has 7 heteroatoms. The van der Waals surface area contributed by atoms with Crippen molar-refractivity contribution in [3.63, 3.8) is 0 Å². The first-order valence-electron chi connectivity index (χ1n) is 7.23. The Morgan fingerprint density at radius 2 is 2.14 bits per heavy atom. The van der Waals surface area contributed by atoms with Crippen LogP contribution in [0.1, 0.15) is 25.0 Å². The molecule has 0 saturated heterocycles. The third kappa shape index (κ3) is 3.08. The molecule has 2 aliphatic rings. The number of hydrogen-bond acceptors (Lipinski definition) is 5. The maximum atomic E-state index is 11.8. The van der Waals surface area contributed by atoms with E-state index < -0.39 is 11.8 Å². The van der Waals surface area contributed by atoms with Gasteiger partial charge in [0.05, 0.1) is 11.8 Å². The molecule has 1 aromatic heterocycles. The quantitative estimate of drug-likeness (QED) is 0.724. The van der Waals surface area contributed by atoms with Crippen molar-refractivity contribution in [1.82, 2.24) is 9.69 Å². The minimum absolute atomic E-state index is 0.167. The topological polar surface area (TPSA) is 91.3 Å². The summed E-state index contributed by atoms with van der Waals surface area (Å²) in [4.78, 5) is 23.5. The molecular weight excluding hydrogens is 290 g/mol. The molecule has 4 atom stereocenters. The van der Waals surface area contributed by atoms with E-state index in [1.54, 1.807) is 6.07 Å². The van der Waals surface area contributed by atoms with Crippen molar-refractivity contribution in [1.29, 1.82) is 0 Å². The number of nitrogens with zero attached hydrogens (tertiary/aromatic N) is 1. The molecule has 2 fully saturated rings. The minimum atomic E-state index is -0.651. The van der Waals surface area contributed by atoms with E-state index in [-0.39, 0.29) is 6.10 Å². The number of aliphatic hydroxyl groups excluding tert-OH is 1. The third-order valence-corrected chi connectivity index (χ3v) is 5.36. The lowest BCUT2D eigenvalue weighted by Gasteiger charge is -2.24. The second kappa shape index (κ2) is 5.73. The van der Waals surface area contributed by atoms with E-state index >= 15 is 0 Å². The van der Waals surface area contributed by atoms with Gasteiger partial charge in [-0.1, -0.05) is 0 Å². The zero-order chi connectivity index (χ0) is 15.0. The maximum Gasteiger partial charge on any atom is 0.314 e. The molecule has 114 valence electrons. The van der Waals surface area contributed by atoms with Gasteiger partial charge in [-0.05, 0) is 61.5 Å². The van der Waals surface area contributed by atoms with Crippen molar-refractivity contribution in [3.8, 4) is 0 Å². The largest absolute Gasteiger partial charge is 0.393 e. The van der Waals surface area contributed by atoms with Gasteiger partial charge in [-0.15, -0.1) is 0 Å². The predicted octanol–water partition coefficient (Wildman–Crippen LogP) is 0.913. The van der Waals surface area contributed by atoms with Gasteiger partial charge in [0.25, 0.3) is 0 Å². The molecule has 3 rings (SSSR count). The van der Waals surface area contributed by atoms with E-state index in [9.17, 15) is 14.7 Å². The zero-order valence-corrected chi connectivity index (χ0v) is 12.7. The van der Waals surface area contributed by atoms with E-state index in [4.69, 9.17) is 0 Å². The number of rotatable bonds is 3. The highest BCUT2D eigenvalue weighted by molar-refractivity contribution is 7.10. The first-order valence-corrected chi connectivity index (χ1v) is 8.01. The summed E-state index contributed by atoms with van der Waals surface area (Å²) in [6.07, 6.45) is 2.66. The Morgan fingerprint density at radius 1 is 1.33 bits per heavy atom. The van der Waals surface area contributed by atoms with Gasteiger partial charge in [0, 0.05) is 6.54 Å². The van der Waals surface area contributed by atoms with Crippen LogP contribution >= 0.6 is 11.5 Å². The lowest BCUT2D eigenvalue weighted by atomic mass is 9.87. The van der Waals surface area contributed by atoms with Gasteiger partial charge in [0.15, 0.2) is 0 Å². The summed E-state index contributed by atoms with van der Waals surface area (Å²) >= 11 is 1.16. The van der Waals surface area contributed by atoms with E-state index in [2.05, 4.69) is 15.0 Å². The highest BCUT2D eigenvalue weighted by atomic mass is 32.1. The van der Waals surface area contributed by atoms with Gasteiger partial charge in [-0.2, -0.15) is 4.37 Å². The number of carbonyl (C=O) groups is 2. The molecule has 0 unspecified atom stereocenters. The van der Waals surface area contributed by atoms with Crippen LogP contribution in [0.25, 0.3) is 0 Å². The van der Waals surface area contributed by atoms with E-state index in [1.807, 2.05) is 6.92 Å². The maximum absolute atomic E-state index is 11.8. The molecule has 2 bridgehead atoms. The number of aryl methyl sites for hydroxylation is 1. The van der Waals surface area contributed by atoms with Gasteiger partial charge in [-0.25, -0.2) is 0 Å². The Bertz CT molecular complexity index is 557. The first kappa shape index (κ1) is 14.5. The van der Waals surface area contributed by atoms with Gasteiger partial charge in [0.1, 0.15) is 5.00 Å². The third-order valence-electron chi connectivity index (χ3n) is 4.56. The van der Waals surface area contributed by atoms with Crippen LogP contribution in [0.5, 0.6) is 0 Å². The Balaban J connectivity index is 1.45. The molecule has 0 aromatic carbocycles. The van der Waals surface area contributed by atoms with Crippen LogP contribution < -0.4 is 10.6 Å². The Labute approximate surface area is 127 Å². The fourth-order valence-electron chi connectivity index (χ4n) is 3.51. The summed E-state index contributed by atoms with van der Waals surface area (Å²) < 4.78 is 4.04. The highest BCUT2D eigenvalue weighted by Gasteiger charge is 2.44. The van der Waals surface area contributed by atoms with Crippen LogP contribution in [0.15, 0.2) is 6.07 Å². The minimum Gasteiger partial charge on any atom is -0.393 e. The van der Waals surface area contributed by atoms with Crippen LogP contribution in [0.2, 0.25) is 0 Å². The molecule has 1 aromatic rings. The number of nitrogens with one attached hydrogen (secondary N) is 2. The Kier molecular flexibility index (Phi) is 3.95. The summed E-state index contributed by atoms with van der Waals surface area (Å²) in [6.45, 7) is 2.34. The number of carbonyl (C=O) groups excluding carboxylic acids is 2. The van der Waals surface area contributed by atoms with Crippen LogP contribution in [0.4, 0.5) is 5.00 Å². The molecular formula is C14H19N3O3S. The summed E-state index contributed by atoms with van der Waals surface area (Å²) in [5, 5.41) is 15.5. The molecule has 0 radical (unpaired) electrons. The highest BCUT2D eigenvalue weighted by Crippen LogP contribution is 2.48. The summed E-state index contributed by atoms with van der Waals surface area (Å²) in [5.74, 6) is -0.00424. The van der Waals surface area contributed by atoms with Gasteiger partial charge in [0.2, 0.25) is 0 Å². The standard InChI is InChI=1S/C14H19N3O3S/c1-7-2-12(21-17-7)16-14(20)13(19)15-6-10-4-9-3-8(10)5-11(9)18/h2,8-11,18H,3-6H2,1H3,(H,15,19)(H,16,20)/t8-,9-,10+,11-/m1/s1. The smallest absolute Gasteiger partial charge is 0.314 e. The molecule has 0 aliphatic heterocycles. The lowest BCUT2D eigenvalue weighted by molar-refractivity contribution is -0.136. The summed E-state index contributed by atoms with van der Waals surface area (Å²) in [6, 6.07) is 1.73. The SMILES string of the molecule is Cc1cc(NC(=O)C(=O)NC[C@@H]2C[C@H]3C[C@@H]2C[C@H]3O)sn1. The Morgan fingerprint density at radius 3 is 2.71 bits per heavy atom. The van der Waals surface area contributed by atoms with Crippen LogP contribution in [0.3, 0.4) is 0 Å². The van der Waals surface area contributed by atoms with Gasteiger partial charge >= 0.3 is 11.8 Å². The first-order chi connectivity index (χ1) is 10.0. The number of aromatic nitrogens is 1.